The molecular formula is C11H12N2O2S. The first-order valence-electron chi connectivity index (χ1n) is 4.86. The predicted octanol–water partition coefficient (Wildman–Crippen LogP) is 1.66. The number of nitrogens with two attached hydrogens (primary N) is 1. The maximum absolute atomic E-state index is 11.7. The van der Waals surface area contributed by atoms with Crippen LogP contribution in [-0.4, -0.2) is 5.91 Å². The number of carbonyl (C=O) groups is 1. The Kier molecular flexibility index (Phi) is 3.38. The predicted molar refractivity (Wildman–Crippen MR) is 61.8 cm³/mol. The SMILES string of the molecule is NC(C(=O)NCc1ccco1)c1cccs1. The molecule has 0 aromatic carbocycles. The average Bonchev–Trinajstić information content (AvgIpc) is 2.96. The Hall–Kier alpha value is -1.59. The molecule has 0 bridgehead atoms. The van der Waals surface area contributed by atoms with Crippen LogP contribution in [0, 0.1) is 0 Å². The van der Waals surface area contributed by atoms with Crippen LogP contribution in [0.4, 0.5) is 0 Å². The van der Waals surface area contributed by atoms with E-state index < -0.39 is 6.04 Å². The molecule has 0 spiro atoms. The molecule has 16 heavy (non-hydrogen) atoms. The highest BCUT2D eigenvalue weighted by Gasteiger charge is 2.16. The molecule has 1 amide bonds. The Labute approximate surface area is 97.1 Å². The summed E-state index contributed by atoms with van der Waals surface area (Å²) in [6.45, 7) is 0.366. The van der Waals surface area contributed by atoms with Crippen LogP contribution in [0.15, 0.2) is 40.3 Å². The Morgan fingerprint density at radius 1 is 1.50 bits per heavy atom. The third kappa shape index (κ3) is 2.50. The Morgan fingerprint density at radius 2 is 2.38 bits per heavy atom. The summed E-state index contributed by atoms with van der Waals surface area (Å²) >= 11 is 1.47. The van der Waals surface area contributed by atoms with Gasteiger partial charge in [0.15, 0.2) is 0 Å². The largest absolute Gasteiger partial charge is 0.467 e. The molecule has 0 aliphatic heterocycles. The van der Waals surface area contributed by atoms with Crippen molar-refractivity contribution in [2.75, 3.05) is 0 Å². The zero-order valence-electron chi connectivity index (χ0n) is 8.55. The third-order valence-corrected chi connectivity index (χ3v) is 3.10. The number of hydrogen-bond donors (Lipinski definition) is 2. The van der Waals surface area contributed by atoms with E-state index in [4.69, 9.17) is 10.2 Å². The molecule has 84 valence electrons. The average molecular weight is 236 g/mol. The third-order valence-electron chi connectivity index (χ3n) is 2.15. The van der Waals surface area contributed by atoms with E-state index >= 15 is 0 Å². The summed E-state index contributed by atoms with van der Waals surface area (Å²) in [4.78, 5) is 12.5. The van der Waals surface area contributed by atoms with Gasteiger partial charge in [0.2, 0.25) is 5.91 Å². The van der Waals surface area contributed by atoms with Gasteiger partial charge in [-0.25, -0.2) is 0 Å². The van der Waals surface area contributed by atoms with Crippen LogP contribution >= 0.6 is 11.3 Å². The summed E-state index contributed by atoms with van der Waals surface area (Å²) in [6.07, 6.45) is 1.57. The first-order chi connectivity index (χ1) is 7.77. The summed E-state index contributed by atoms with van der Waals surface area (Å²) in [7, 11) is 0. The minimum atomic E-state index is -0.602. The van der Waals surface area contributed by atoms with Crippen molar-refractivity contribution in [1.82, 2.24) is 5.32 Å². The summed E-state index contributed by atoms with van der Waals surface area (Å²) in [5.74, 6) is 0.519. The van der Waals surface area contributed by atoms with E-state index in [1.54, 1.807) is 18.4 Å². The quantitative estimate of drug-likeness (QED) is 0.848. The number of amides is 1. The number of thiophene rings is 1. The van der Waals surface area contributed by atoms with Gasteiger partial charge in [-0.2, -0.15) is 0 Å². The van der Waals surface area contributed by atoms with Crippen molar-refractivity contribution in [3.63, 3.8) is 0 Å². The summed E-state index contributed by atoms with van der Waals surface area (Å²) in [5, 5.41) is 4.62. The van der Waals surface area contributed by atoms with Crippen molar-refractivity contribution in [1.29, 1.82) is 0 Å². The minimum absolute atomic E-state index is 0.196. The molecule has 0 aliphatic carbocycles. The molecule has 1 unspecified atom stereocenters. The lowest BCUT2D eigenvalue weighted by atomic mass is 10.2. The highest BCUT2D eigenvalue weighted by atomic mass is 32.1. The summed E-state index contributed by atoms with van der Waals surface area (Å²) < 4.78 is 5.10. The molecule has 3 N–H and O–H groups in total. The molecule has 2 aromatic heterocycles. The Balaban J connectivity index is 1.89. The van der Waals surface area contributed by atoms with Crippen LogP contribution in [0.25, 0.3) is 0 Å². The van der Waals surface area contributed by atoms with E-state index in [9.17, 15) is 4.79 Å². The molecule has 1 atom stereocenters. The van der Waals surface area contributed by atoms with Gasteiger partial charge in [0, 0.05) is 4.88 Å². The molecule has 0 saturated carbocycles. The molecule has 0 radical (unpaired) electrons. The van der Waals surface area contributed by atoms with E-state index in [1.807, 2.05) is 17.5 Å². The fourth-order valence-electron chi connectivity index (χ4n) is 1.29. The van der Waals surface area contributed by atoms with Gasteiger partial charge in [0.05, 0.1) is 12.8 Å². The van der Waals surface area contributed by atoms with Gasteiger partial charge >= 0.3 is 0 Å². The van der Waals surface area contributed by atoms with Gasteiger partial charge in [0.1, 0.15) is 11.8 Å². The first kappa shape index (κ1) is 10.9. The molecule has 5 heteroatoms. The molecular weight excluding hydrogens is 224 g/mol. The van der Waals surface area contributed by atoms with Crippen LogP contribution in [0.3, 0.4) is 0 Å². The van der Waals surface area contributed by atoms with E-state index in [1.165, 1.54) is 11.3 Å². The van der Waals surface area contributed by atoms with Crippen molar-refractivity contribution in [3.05, 3.63) is 46.5 Å². The van der Waals surface area contributed by atoms with Crippen LogP contribution in [0.1, 0.15) is 16.7 Å². The number of nitrogens with one attached hydrogen (secondary N) is 1. The first-order valence-corrected chi connectivity index (χ1v) is 5.74. The summed E-state index contributed by atoms with van der Waals surface area (Å²) in [6, 6.07) is 6.70. The number of furan rings is 1. The maximum Gasteiger partial charge on any atom is 0.242 e. The van der Waals surface area contributed by atoms with E-state index in [0.717, 1.165) is 4.88 Å². The topological polar surface area (TPSA) is 68.3 Å². The van der Waals surface area contributed by atoms with Crippen molar-refractivity contribution in [2.24, 2.45) is 5.73 Å². The lowest BCUT2D eigenvalue weighted by Gasteiger charge is -2.09. The van der Waals surface area contributed by atoms with Crippen LogP contribution in [0.2, 0.25) is 0 Å². The molecule has 0 fully saturated rings. The van der Waals surface area contributed by atoms with Crippen LogP contribution < -0.4 is 11.1 Å². The van der Waals surface area contributed by atoms with Gasteiger partial charge in [-0.3, -0.25) is 4.79 Å². The van der Waals surface area contributed by atoms with E-state index in [-0.39, 0.29) is 5.91 Å². The normalized spacial score (nSPS) is 12.3. The van der Waals surface area contributed by atoms with Crippen molar-refractivity contribution >= 4 is 17.2 Å². The van der Waals surface area contributed by atoms with Crippen molar-refractivity contribution < 1.29 is 9.21 Å². The summed E-state index contributed by atoms with van der Waals surface area (Å²) in [5.41, 5.74) is 5.79. The second-order valence-electron chi connectivity index (χ2n) is 3.29. The van der Waals surface area contributed by atoms with Gasteiger partial charge < -0.3 is 15.5 Å². The maximum atomic E-state index is 11.7. The van der Waals surface area contributed by atoms with Gasteiger partial charge in [-0.05, 0) is 23.6 Å². The minimum Gasteiger partial charge on any atom is -0.467 e. The van der Waals surface area contributed by atoms with E-state index in [2.05, 4.69) is 5.32 Å². The highest BCUT2D eigenvalue weighted by Crippen LogP contribution is 2.16. The van der Waals surface area contributed by atoms with E-state index in [0.29, 0.717) is 12.3 Å². The highest BCUT2D eigenvalue weighted by molar-refractivity contribution is 7.10. The number of hydrogen-bond acceptors (Lipinski definition) is 4. The smallest absolute Gasteiger partial charge is 0.242 e. The van der Waals surface area contributed by atoms with Crippen molar-refractivity contribution in [2.45, 2.75) is 12.6 Å². The fourth-order valence-corrected chi connectivity index (χ4v) is 2.02. The monoisotopic (exact) mass is 236 g/mol. The van der Waals surface area contributed by atoms with Gasteiger partial charge in [0.25, 0.3) is 0 Å². The number of carbonyl (C=O) groups excluding carboxylic acids is 1. The lowest BCUT2D eigenvalue weighted by molar-refractivity contribution is -0.122. The zero-order chi connectivity index (χ0) is 11.4. The molecule has 0 saturated heterocycles. The molecule has 0 aliphatic rings. The Morgan fingerprint density at radius 3 is 3.00 bits per heavy atom. The fraction of sp³-hybridized carbons (Fsp3) is 0.182. The molecule has 2 heterocycles. The lowest BCUT2D eigenvalue weighted by Crippen LogP contribution is -2.33. The van der Waals surface area contributed by atoms with Gasteiger partial charge in [-0.1, -0.05) is 6.07 Å². The van der Waals surface area contributed by atoms with Gasteiger partial charge in [-0.15, -0.1) is 11.3 Å². The van der Waals surface area contributed by atoms with Crippen LogP contribution in [0.5, 0.6) is 0 Å². The molecule has 2 rings (SSSR count). The number of rotatable bonds is 4. The molecule has 4 nitrogen and oxygen atoms in total. The van der Waals surface area contributed by atoms with Crippen LogP contribution in [-0.2, 0) is 11.3 Å². The standard InChI is InChI=1S/C11H12N2O2S/c12-10(9-4-2-6-16-9)11(14)13-7-8-3-1-5-15-8/h1-6,10H,7,12H2,(H,13,14). The zero-order valence-corrected chi connectivity index (χ0v) is 9.37. The Bertz CT molecular complexity index is 437. The van der Waals surface area contributed by atoms with Crippen molar-refractivity contribution in [3.8, 4) is 0 Å². The molecule has 2 aromatic rings. The second-order valence-corrected chi connectivity index (χ2v) is 4.27. The second kappa shape index (κ2) is 4.96.